The monoisotopic (exact) mass is 351 g/mol. The molecule has 1 aliphatic heterocycles. The molecule has 1 fully saturated rings. The first kappa shape index (κ1) is 16.8. The zero-order chi connectivity index (χ0) is 17.5. The zero-order valence-corrected chi connectivity index (χ0v) is 14.3. The molecule has 7 nitrogen and oxygen atoms in total. The number of hydrogen-bond acceptors (Lipinski definition) is 4. The Balaban J connectivity index is 1.76. The van der Waals surface area contributed by atoms with Gasteiger partial charge in [-0.3, -0.25) is 13.9 Å². The van der Waals surface area contributed by atoms with Gasteiger partial charge in [-0.1, -0.05) is 0 Å². The van der Waals surface area contributed by atoms with Gasteiger partial charge in [0, 0.05) is 24.6 Å². The largest absolute Gasteiger partial charge is 0.370 e. The molecule has 0 radical (unpaired) electrons. The lowest BCUT2D eigenvalue weighted by atomic mass is 10.1. The molecule has 1 heterocycles. The Labute approximate surface area is 141 Å². The Bertz CT molecular complexity index is 787. The van der Waals surface area contributed by atoms with Crippen molar-refractivity contribution in [2.45, 2.75) is 31.7 Å². The van der Waals surface area contributed by atoms with E-state index in [1.807, 2.05) is 0 Å². The van der Waals surface area contributed by atoms with Gasteiger partial charge in [0.2, 0.25) is 15.9 Å². The molecule has 0 aromatic heterocycles. The highest BCUT2D eigenvalue weighted by atomic mass is 32.2. The maximum absolute atomic E-state index is 12.5. The summed E-state index contributed by atoms with van der Waals surface area (Å²) < 4.78 is 24.8. The van der Waals surface area contributed by atoms with E-state index in [2.05, 4.69) is 5.32 Å². The standard InChI is InChI=1S/C16H21N3O4S/c1-24(22,23)19-7-6-11-8-12(4-5-14(11)19)16(21)18-13(9-15(17)20)10-2-3-10/h4-5,8,10,13H,2-3,6-7,9H2,1H3,(H2,17,20)(H,18,21). The average molecular weight is 351 g/mol. The van der Waals surface area contributed by atoms with E-state index in [0.29, 0.717) is 30.1 Å². The molecule has 130 valence electrons. The Morgan fingerprint density at radius 2 is 2.08 bits per heavy atom. The second-order valence-electron chi connectivity index (χ2n) is 6.52. The first-order valence-electron chi connectivity index (χ1n) is 7.95. The number of carbonyl (C=O) groups is 2. The normalized spacial score (nSPS) is 18.1. The van der Waals surface area contributed by atoms with Gasteiger partial charge in [-0.2, -0.15) is 0 Å². The summed E-state index contributed by atoms with van der Waals surface area (Å²) in [5, 5.41) is 2.89. The number of benzene rings is 1. The molecule has 1 aliphatic carbocycles. The summed E-state index contributed by atoms with van der Waals surface area (Å²) in [4.78, 5) is 23.6. The van der Waals surface area contributed by atoms with Gasteiger partial charge in [0.25, 0.3) is 5.91 Å². The number of carbonyl (C=O) groups excluding carboxylic acids is 2. The zero-order valence-electron chi connectivity index (χ0n) is 13.5. The van der Waals surface area contributed by atoms with Gasteiger partial charge in [-0.05, 0) is 48.9 Å². The third-order valence-electron chi connectivity index (χ3n) is 4.52. The van der Waals surface area contributed by atoms with Crippen LogP contribution in [-0.4, -0.2) is 39.1 Å². The van der Waals surface area contributed by atoms with Crippen molar-refractivity contribution in [3.63, 3.8) is 0 Å². The molecule has 1 aromatic rings. The number of nitrogens with one attached hydrogen (secondary N) is 1. The highest BCUT2D eigenvalue weighted by Gasteiger charge is 2.34. The van der Waals surface area contributed by atoms with Crippen LogP contribution in [0.4, 0.5) is 5.69 Å². The number of anilines is 1. The number of hydrogen-bond donors (Lipinski definition) is 2. The van der Waals surface area contributed by atoms with Crippen LogP contribution in [-0.2, 0) is 21.2 Å². The number of amides is 2. The van der Waals surface area contributed by atoms with Crippen molar-refractivity contribution in [1.82, 2.24) is 5.32 Å². The molecular formula is C16H21N3O4S. The third kappa shape index (κ3) is 3.53. The minimum Gasteiger partial charge on any atom is -0.370 e. The SMILES string of the molecule is CS(=O)(=O)N1CCc2cc(C(=O)NC(CC(N)=O)C3CC3)ccc21. The minimum atomic E-state index is -3.30. The summed E-state index contributed by atoms with van der Waals surface area (Å²) >= 11 is 0. The smallest absolute Gasteiger partial charge is 0.251 e. The maximum Gasteiger partial charge on any atom is 0.251 e. The molecule has 2 amide bonds. The van der Waals surface area contributed by atoms with E-state index in [0.717, 1.165) is 18.4 Å². The van der Waals surface area contributed by atoms with Crippen molar-refractivity contribution in [3.8, 4) is 0 Å². The van der Waals surface area contributed by atoms with Crippen LogP contribution in [0.5, 0.6) is 0 Å². The highest BCUT2D eigenvalue weighted by molar-refractivity contribution is 7.92. The van der Waals surface area contributed by atoms with Gasteiger partial charge >= 0.3 is 0 Å². The summed E-state index contributed by atoms with van der Waals surface area (Å²) in [6.07, 6.45) is 3.88. The van der Waals surface area contributed by atoms with Crippen molar-refractivity contribution in [2.75, 3.05) is 17.1 Å². The fraction of sp³-hybridized carbons (Fsp3) is 0.500. The van der Waals surface area contributed by atoms with Gasteiger partial charge in [0.1, 0.15) is 0 Å². The molecule has 3 rings (SSSR count). The number of primary amides is 1. The molecule has 24 heavy (non-hydrogen) atoms. The van der Waals surface area contributed by atoms with Crippen LogP contribution in [0.2, 0.25) is 0 Å². The number of rotatable bonds is 6. The summed E-state index contributed by atoms with van der Waals surface area (Å²) in [7, 11) is -3.30. The molecule has 0 saturated heterocycles. The van der Waals surface area contributed by atoms with Crippen LogP contribution >= 0.6 is 0 Å². The Morgan fingerprint density at radius 3 is 2.67 bits per heavy atom. The molecule has 0 bridgehead atoms. The molecule has 3 N–H and O–H groups in total. The lowest BCUT2D eigenvalue weighted by molar-refractivity contribution is -0.118. The van der Waals surface area contributed by atoms with E-state index in [4.69, 9.17) is 5.73 Å². The van der Waals surface area contributed by atoms with E-state index >= 15 is 0 Å². The summed E-state index contributed by atoms with van der Waals surface area (Å²) in [6, 6.07) is 4.78. The Kier molecular flexibility index (Phi) is 4.25. The van der Waals surface area contributed by atoms with Gasteiger partial charge in [0.15, 0.2) is 0 Å². The molecule has 1 aromatic carbocycles. The van der Waals surface area contributed by atoms with Gasteiger partial charge in [-0.25, -0.2) is 8.42 Å². The van der Waals surface area contributed by atoms with Gasteiger partial charge in [0.05, 0.1) is 11.9 Å². The second-order valence-corrected chi connectivity index (χ2v) is 8.42. The lowest BCUT2D eigenvalue weighted by Crippen LogP contribution is -2.39. The predicted octanol–water partition coefficient (Wildman–Crippen LogP) is 0.392. The molecule has 8 heteroatoms. The van der Waals surface area contributed by atoms with Crippen molar-refractivity contribution in [3.05, 3.63) is 29.3 Å². The van der Waals surface area contributed by atoms with Crippen LogP contribution in [0.25, 0.3) is 0 Å². The van der Waals surface area contributed by atoms with Crippen molar-refractivity contribution < 1.29 is 18.0 Å². The Morgan fingerprint density at radius 1 is 1.38 bits per heavy atom. The lowest BCUT2D eigenvalue weighted by Gasteiger charge is -2.18. The second kappa shape index (κ2) is 6.08. The van der Waals surface area contributed by atoms with Crippen LogP contribution in [0.15, 0.2) is 18.2 Å². The molecule has 1 saturated carbocycles. The number of nitrogens with two attached hydrogens (primary N) is 1. The summed E-state index contributed by atoms with van der Waals surface area (Å²) in [5.41, 5.74) is 7.19. The third-order valence-corrected chi connectivity index (χ3v) is 5.70. The molecule has 2 aliphatic rings. The number of fused-ring (bicyclic) bond motifs is 1. The van der Waals surface area contributed by atoms with Crippen molar-refractivity contribution in [2.24, 2.45) is 11.7 Å². The molecule has 1 atom stereocenters. The van der Waals surface area contributed by atoms with Crippen molar-refractivity contribution in [1.29, 1.82) is 0 Å². The van der Waals surface area contributed by atoms with E-state index < -0.39 is 15.9 Å². The van der Waals surface area contributed by atoms with Crippen LogP contribution < -0.4 is 15.4 Å². The molecule has 0 spiro atoms. The first-order chi connectivity index (χ1) is 11.3. The van der Waals surface area contributed by atoms with E-state index in [1.165, 1.54) is 10.6 Å². The summed E-state index contributed by atoms with van der Waals surface area (Å²) in [5.74, 6) is -0.365. The predicted molar refractivity (Wildman–Crippen MR) is 90.1 cm³/mol. The fourth-order valence-corrected chi connectivity index (χ4v) is 4.12. The molecule has 1 unspecified atom stereocenters. The van der Waals surface area contributed by atoms with Crippen LogP contribution in [0, 0.1) is 5.92 Å². The van der Waals surface area contributed by atoms with Crippen LogP contribution in [0.1, 0.15) is 35.2 Å². The van der Waals surface area contributed by atoms with E-state index in [1.54, 1.807) is 18.2 Å². The maximum atomic E-state index is 12.5. The summed E-state index contributed by atoms with van der Waals surface area (Å²) in [6.45, 7) is 0.394. The first-order valence-corrected chi connectivity index (χ1v) is 9.80. The van der Waals surface area contributed by atoms with E-state index in [9.17, 15) is 18.0 Å². The quantitative estimate of drug-likeness (QED) is 0.772. The van der Waals surface area contributed by atoms with Gasteiger partial charge in [-0.15, -0.1) is 0 Å². The van der Waals surface area contributed by atoms with E-state index in [-0.39, 0.29) is 18.4 Å². The fourth-order valence-electron chi connectivity index (χ4n) is 3.16. The Hall–Kier alpha value is -2.09. The number of sulfonamides is 1. The highest BCUT2D eigenvalue weighted by Crippen LogP contribution is 2.34. The minimum absolute atomic E-state index is 0.142. The number of nitrogens with zero attached hydrogens (tertiary/aromatic N) is 1. The van der Waals surface area contributed by atoms with Crippen LogP contribution in [0.3, 0.4) is 0 Å². The van der Waals surface area contributed by atoms with Crippen molar-refractivity contribution >= 4 is 27.5 Å². The average Bonchev–Trinajstić information content (AvgIpc) is 3.23. The van der Waals surface area contributed by atoms with Gasteiger partial charge < -0.3 is 11.1 Å². The topological polar surface area (TPSA) is 110 Å². The molecular weight excluding hydrogens is 330 g/mol.